The number of aromatic amines is 1. The minimum absolute atomic E-state index is 0.826. The third-order valence-electron chi connectivity index (χ3n) is 0.893. The Morgan fingerprint density at radius 2 is 2.00 bits per heavy atom. The molecule has 0 fully saturated rings. The second-order valence-corrected chi connectivity index (χ2v) is 2.02. The highest BCUT2D eigenvalue weighted by molar-refractivity contribution is 6.50. The van der Waals surface area contributed by atoms with Crippen molar-refractivity contribution in [3.63, 3.8) is 0 Å². The maximum atomic E-state index is 9.75. The van der Waals surface area contributed by atoms with E-state index in [1.165, 1.54) is 0 Å². The molecule has 0 atom stereocenters. The van der Waals surface area contributed by atoms with E-state index in [2.05, 4.69) is 16.5 Å². The second-order valence-electron chi connectivity index (χ2n) is 2.02. The normalized spacial score (nSPS) is 10.2. The molecule has 0 amide bonds. The van der Waals surface area contributed by atoms with Gasteiger partial charge < -0.3 is 22.2 Å². The number of halogens is 4. The van der Waals surface area contributed by atoms with Crippen molar-refractivity contribution in [3.8, 4) is 0 Å². The van der Waals surface area contributed by atoms with Gasteiger partial charge >= 0.3 is 7.25 Å². The van der Waals surface area contributed by atoms with Crippen LogP contribution in [-0.4, -0.2) is 17.2 Å². The molecule has 1 rings (SSSR count). The van der Waals surface area contributed by atoms with Crippen molar-refractivity contribution >= 4 is 7.25 Å². The molecule has 0 spiro atoms. The van der Waals surface area contributed by atoms with Crippen LogP contribution in [0.5, 0.6) is 0 Å². The fourth-order valence-corrected chi connectivity index (χ4v) is 0.546. The van der Waals surface area contributed by atoms with Gasteiger partial charge in [0.1, 0.15) is 5.82 Å². The smallest absolute Gasteiger partial charge is 0.418 e. The summed E-state index contributed by atoms with van der Waals surface area (Å²) in [5, 5.41) is 0. The average molecular weight is 195 g/mol. The molecule has 0 aromatic carbocycles. The molecular weight excluding hydrogens is 187 g/mol. The van der Waals surface area contributed by atoms with E-state index in [-0.39, 0.29) is 0 Å². The lowest BCUT2D eigenvalue weighted by Crippen LogP contribution is -2.02. The summed E-state index contributed by atoms with van der Waals surface area (Å²) in [5.74, 6) is 0.972. The van der Waals surface area contributed by atoms with Crippen molar-refractivity contribution < 1.29 is 17.3 Å². The minimum Gasteiger partial charge on any atom is -0.418 e. The zero-order valence-corrected chi connectivity index (χ0v) is 6.68. The summed E-state index contributed by atoms with van der Waals surface area (Å²) in [4.78, 5) is 6.93. The molecule has 7 heteroatoms. The van der Waals surface area contributed by atoms with E-state index < -0.39 is 7.25 Å². The fraction of sp³-hybridized carbons (Fsp3) is 0.167. The number of H-pyrrole nitrogens is 1. The first-order chi connectivity index (χ1) is 5.93. The van der Waals surface area contributed by atoms with E-state index in [0.29, 0.717) is 0 Å². The molecule has 2 nitrogen and oxygen atoms in total. The topological polar surface area (TPSA) is 28.7 Å². The summed E-state index contributed by atoms with van der Waals surface area (Å²) in [5.41, 5.74) is 0. The first kappa shape index (κ1) is 11.7. The summed E-state index contributed by atoms with van der Waals surface area (Å²) in [6.45, 7) is 3.58. The van der Waals surface area contributed by atoms with Crippen LogP contribution in [0.2, 0.25) is 0 Å². The molecule has 0 aliphatic heterocycles. The quantitative estimate of drug-likeness (QED) is 0.438. The van der Waals surface area contributed by atoms with Gasteiger partial charge in [0.15, 0.2) is 0 Å². The van der Waals surface area contributed by atoms with Crippen LogP contribution in [0.4, 0.5) is 17.3 Å². The van der Waals surface area contributed by atoms with Crippen LogP contribution in [0.1, 0.15) is 5.82 Å². The van der Waals surface area contributed by atoms with Crippen molar-refractivity contribution in [3.05, 3.63) is 30.9 Å². The number of nitrogens with one attached hydrogen (secondary N) is 1. The highest BCUT2D eigenvalue weighted by Crippen LogP contribution is 2.06. The van der Waals surface area contributed by atoms with Crippen LogP contribution < -0.4 is 0 Å². The van der Waals surface area contributed by atoms with Gasteiger partial charge in [-0.05, 0) is 0 Å². The lowest BCUT2D eigenvalue weighted by molar-refractivity contribution is 0.368. The molecule has 0 radical (unpaired) electrons. The molecule has 0 saturated heterocycles. The number of allylic oxidation sites excluding steroid dienone is 1. The monoisotopic (exact) mass is 195 g/mol. The Morgan fingerprint density at radius 3 is 2.31 bits per heavy atom. The number of nitrogens with zero attached hydrogens (tertiary/aromatic N) is 1. The average Bonchev–Trinajstić information content (AvgIpc) is 2.36. The number of hydrogen-bond donors (Lipinski definition) is 1. The molecule has 1 heterocycles. The summed E-state index contributed by atoms with van der Waals surface area (Å²) in [6.07, 6.45) is 6.18. The number of hydrogen-bond acceptors (Lipinski definition) is 1. The Kier molecular flexibility index (Phi) is 4.87. The van der Waals surface area contributed by atoms with Gasteiger partial charge in [-0.15, -0.1) is 6.58 Å². The molecule has 74 valence electrons. The Balaban J connectivity index is 0.000000252. The molecule has 1 aromatic heterocycles. The molecule has 0 aliphatic carbocycles. The Labute approximate surface area is 72.8 Å². The Hall–Kier alpha value is -1.27. The summed E-state index contributed by atoms with van der Waals surface area (Å²) in [6, 6.07) is 0. The number of imidazole rings is 1. The van der Waals surface area contributed by atoms with E-state index in [4.69, 9.17) is 0 Å². The molecular formula is C6H8BF4N2-. The van der Waals surface area contributed by atoms with Crippen molar-refractivity contribution in [1.29, 1.82) is 0 Å². The largest absolute Gasteiger partial charge is 0.673 e. The van der Waals surface area contributed by atoms with Gasteiger partial charge in [-0.25, -0.2) is 4.98 Å². The second kappa shape index (κ2) is 5.39. The molecule has 1 N–H and O–H groups in total. The van der Waals surface area contributed by atoms with E-state index >= 15 is 0 Å². The molecule has 13 heavy (non-hydrogen) atoms. The predicted molar refractivity (Wildman–Crippen MR) is 42.7 cm³/mol. The van der Waals surface area contributed by atoms with Gasteiger partial charge in [-0.3, -0.25) is 0 Å². The van der Waals surface area contributed by atoms with E-state index in [1.54, 1.807) is 12.4 Å². The van der Waals surface area contributed by atoms with Crippen LogP contribution >= 0.6 is 0 Å². The van der Waals surface area contributed by atoms with Gasteiger partial charge in [0.2, 0.25) is 0 Å². The molecule has 0 bridgehead atoms. The first-order valence-corrected chi connectivity index (χ1v) is 3.40. The fourth-order valence-electron chi connectivity index (χ4n) is 0.546. The van der Waals surface area contributed by atoms with Gasteiger partial charge in [0.25, 0.3) is 0 Å². The zero-order valence-electron chi connectivity index (χ0n) is 6.68. The standard InChI is InChI=1S/C6H8N2.BF4/c1-2-3-6-7-4-5-8-6;2-1(3,4)5/h2,4-5H,1,3H2,(H,7,8);/q;-1. The summed E-state index contributed by atoms with van der Waals surface area (Å²) in [7, 11) is -6.00. The third kappa shape index (κ3) is 10.7. The van der Waals surface area contributed by atoms with Crippen LogP contribution in [0, 0.1) is 0 Å². The highest BCUT2D eigenvalue weighted by atomic mass is 19.5. The lowest BCUT2D eigenvalue weighted by Gasteiger charge is -1.94. The number of rotatable bonds is 2. The Bertz CT molecular complexity index is 225. The molecule has 1 aromatic rings. The lowest BCUT2D eigenvalue weighted by atomic mass is 10.3. The van der Waals surface area contributed by atoms with Gasteiger partial charge in [0, 0.05) is 18.8 Å². The van der Waals surface area contributed by atoms with Crippen LogP contribution in [-0.2, 0) is 6.42 Å². The van der Waals surface area contributed by atoms with Crippen LogP contribution in [0.15, 0.2) is 25.0 Å². The van der Waals surface area contributed by atoms with Crippen LogP contribution in [0.3, 0.4) is 0 Å². The maximum absolute atomic E-state index is 9.75. The summed E-state index contributed by atoms with van der Waals surface area (Å²) >= 11 is 0. The SMILES string of the molecule is C=CCc1ncc[nH]1.F[B-](F)(F)F. The highest BCUT2D eigenvalue weighted by Gasteiger charge is 2.20. The van der Waals surface area contributed by atoms with E-state index in [0.717, 1.165) is 12.2 Å². The van der Waals surface area contributed by atoms with E-state index in [1.807, 2.05) is 6.08 Å². The third-order valence-corrected chi connectivity index (χ3v) is 0.893. The minimum atomic E-state index is -6.00. The number of aromatic nitrogens is 2. The molecule has 0 aliphatic rings. The van der Waals surface area contributed by atoms with Crippen molar-refractivity contribution in [2.45, 2.75) is 6.42 Å². The van der Waals surface area contributed by atoms with Gasteiger partial charge in [-0.1, -0.05) is 6.08 Å². The van der Waals surface area contributed by atoms with Crippen molar-refractivity contribution in [2.75, 3.05) is 0 Å². The maximum Gasteiger partial charge on any atom is 0.673 e. The molecule has 0 unspecified atom stereocenters. The van der Waals surface area contributed by atoms with Crippen molar-refractivity contribution in [1.82, 2.24) is 9.97 Å². The van der Waals surface area contributed by atoms with E-state index in [9.17, 15) is 17.3 Å². The van der Waals surface area contributed by atoms with Crippen molar-refractivity contribution in [2.24, 2.45) is 0 Å². The molecule has 0 saturated carbocycles. The first-order valence-electron chi connectivity index (χ1n) is 3.40. The Morgan fingerprint density at radius 1 is 1.46 bits per heavy atom. The van der Waals surface area contributed by atoms with Gasteiger partial charge in [-0.2, -0.15) is 0 Å². The zero-order chi connectivity index (χ0) is 10.3. The predicted octanol–water partition coefficient (Wildman–Crippen LogP) is 2.44. The van der Waals surface area contributed by atoms with Gasteiger partial charge in [0.05, 0.1) is 0 Å². The van der Waals surface area contributed by atoms with Crippen LogP contribution in [0.25, 0.3) is 0 Å². The summed E-state index contributed by atoms with van der Waals surface area (Å²) < 4.78 is 39.0.